The van der Waals surface area contributed by atoms with Gasteiger partial charge in [0, 0.05) is 13.1 Å². The number of H-pyrrole nitrogens is 1. The van der Waals surface area contributed by atoms with Gasteiger partial charge in [0.25, 0.3) is 0 Å². The molecule has 0 bridgehead atoms. The van der Waals surface area contributed by atoms with Crippen LogP contribution in [0.1, 0.15) is 17.4 Å². The molecule has 4 nitrogen and oxygen atoms in total. The third kappa shape index (κ3) is 1.54. The molecule has 0 unspecified atom stereocenters. The third-order valence-electron chi connectivity index (χ3n) is 1.88. The predicted octanol–water partition coefficient (Wildman–Crippen LogP) is 1.67. The smallest absolute Gasteiger partial charge is 0.177 e. The van der Waals surface area contributed by atoms with Crippen molar-refractivity contribution in [2.75, 3.05) is 0 Å². The van der Waals surface area contributed by atoms with E-state index in [0.717, 1.165) is 5.69 Å². The van der Waals surface area contributed by atoms with E-state index < -0.39 is 0 Å². The fourth-order valence-electron chi connectivity index (χ4n) is 1.15. The third-order valence-corrected chi connectivity index (χ3v) is 1.88. The van der Waals surface area contributed by atoms with Crippen molar-refractivity contribution in [3.8, 4) is 11.4 Å². The summed E-state index contributed by atoms with van der Waals surface area (Å²) >= 11 is 0. The summed E-state index contributed by atoms with van der Waals surface area (Å²) in [6.45, 7) is 1.50. The zero-order valence-electron chi connectivity index (χ0n) is 7.69. The maximum Gasteiger partial charge on any atom is 0.177 e. The van der Waals surface area contributed by atoms with E-state index in [0.29, 0.717) is 11.4 Å². The van der Waals surface area contributed by atoms with Crippen LogP contribution in [0.25, 0.3) is 11.4 Å². The molecule has 1 N–H and O–H groups in total. The first-order valence-electron chi connectivity index (χ1n) is 4.25. The van der Waals surface area contributed by atoms with Gasteiger partial charge < -0.3 is 0 Å². The standard InChI is InChI=1S/C10H9N3O/c1-7(14)9-6-10(13-12-9)8-4-2-3-5-11-8/h2-6H,1H3,(H,12,13). The molecule has 0 aromatic carbocycles. The molecule has 0 atom stereocenters. The lowest BCUT2D eigenvalue weighted by Crippen LogP contribution is -1.90. The van der Waals surface area contributed by atoms with Crippen molar-refractivity contribution >= 4 is 5.78 Å². The number of pyridine rings is 1. The summed E-state index contributed by atoms with van der Waals surface area (Å²) in [5, 5.41) is 6.66. The van der Waals surface area contributed by atoms with Crippen LogP contribution in [0.15, 0.2) is 30.5 Å². The first-order valence-corrected chi connectivity index (χ1v) is 4.25. The summed E-state index contributed by atoms with van der Waals surface area (Å²) < 4.78 is 0. The monoisotopic (exact) mass is 187 g/mol. The van der Waals surface area contributed by atoms with Gasteiger partial charge in [-0.25, -0.2) is 0 Å². The largest absolute Gasteiger partial charge is 0.293 e. The van der Waals surface area contributed by atoms with Crippen molar-refractivity contribution in [3.05, 3.63) is 36.2 Å². The minimum Gasteiger partial charge on any atom is -0.293 e. The summed E-state index contributed by atoms with van der Waals surface area (Å²) in [4.78, 5) is 15.1. The fourth-order valence-corrected chi connectivity index (χ4v) is 1.15. The Morgan fingerprint density at radius 2 is 2.21 bits per heavy atom. The minimum atomic E-state index is -0.0281. The average molecular weight is 187 g/mol. The van der Waals surface area contributed by atoms with E-state index in [1.54, 1.807) is 12.3 Å². The summed E-state index contributed by atoms with van der Waals surface area (Å²) in [6.07, 6.45) is 1.69. The first kappa shape index (κ1) is 8.62. The molecule has 0 fully saturated rings. The second-order valence-corrected chi connectivity index (χ2v) is 2.94. The van der Waals surface area contributed by atoms with E-state index in [1.807, 2.05) is 18.2 Å². The summed E-state index contributed by atoms with van der Waals surface area (Å²) in [6, 6.07) is 7.26. The lowest BCUT2D eigenvalue weighted by atomic mass is 10.2. The fraction of sp³-hybridized carbons (Fsp3) is 0.100. The molecule has 14 heavy (non-hydrogen) atoms. The minimum absolute atomic E-state index is 0.0281. The second-order valence-electron chi connectivity index (χ2n) is 2.94. The molecule has 0 aliphatic carbocycles. The summed E-state index contributed by atoms with van der Waals surface area (Å²) in [5.41, 5.74) is 1.96. The van der Waals surface area contributed by atoms with Gasteiger partial charge in [-0.15, -0.1) is 0 Å². The first-order chi connectivity index (χ1) is 6.77. The predicted molar refractivity (Wildman–Crippen MR) is 51.8 cm³/mol. The number of aromatic amines is 1. The molecule has 0 amide bonds. The number of Topliss-reactive ketones (excluding diaryl/α,β-unsaturated/α-hetero) is 1. The van der Waals surface area contributed by atoms with Crippen LogP contribution in [0, 0.1) is 0 Å². The van der Waals surface area contributed by atoms with Gasteiger partial charge in [0.2, 0.25) is 0 Å². The van der Waals surface area contributed by atoms with Gasteiger partial charge in [0.15, 0.2) is 5.78 Å². The number of hydrogen-bond acceptors (Lipinski definition) is 3. The molecule has 4 heteroatoms. The van der Waals surface area contributed by atoms with E-state index in [4.69, 9.17) is 0 Å². The van der Waals surface area contributed by atoms with E-state index >= 15 is 0 Å². The normalized spacial score (nSPS) is 10.1. The topological polar surface area (TPSA) is 58.6 Å². The Morgan fingerprint density at radius 1 is 1.36 bits per heavy atom. The van der Waals surface area contributed by atoms with Crippen LogP contribution >= 0.6 is 0 Å². The highest BCUT2D eigenvalue weighted by Crippen LogP contribution is 2.13. The highest BCUT2D eigenvalue weighted by Gasteiger charge is 2.06. The van der Waals surface area contributed by atoms with E-state index in [9.17, 15) is 4.79 Å². The number of hydrogen-bond donors (Lipinski definition) is 1. The van der Waals surface area contributed by atoms with Crippen LogP contribution in [-0.2, 0) is 0 Å². The average Bonchev–Trinajstić information content (AvgIpc) is 2.68. The van der Waals surface area contributed by atoms with E-state index in [1.165, 1.54) is 6.92 Å². The maximum atomic E-state index is 11.0. The molecular formula is C10H9N3O. The molecule has 2 heterocycles. The molecule has 2 aromatic rings. The number of nitrogens with one attached hydrogen (secondary N) is 1. The number of carbonyl (C=O) groups is 1. The SMILES string of the molecule is CC(=O)c1cc(-c2ccccn2)n[nH]1. The lowest BCUT2D eigenvalue weighted by molar-refractivity contribution is 0.101. The zero-order chi connectivity index (χ0) is 9.97. The maximum absolute atomic E-state index is 11.0. The molecule has 0 saturated carbocycles. The van der Waals surface area contributed by atoms with Crippen LogP contribution in [0.2, 0.25) is 0 Å². The number of carbonyl (C=O) groups excluding carboxylic acids is 1. The Balaban J connectivity index is 2.39. The van der Waals surface area contributed by atoms with Gasteiger partial charge >= 0.3 is 0 Å². The Morgan fingerprint density at radius 3 is 2.79 bits per heavy atom. The van der Waals surface area contributed by atoms with Crippen LogP contribution in [0.3, 0.4) is 0 Å². The van der Waals surface area contributed by atoms with Crippen LogP contribution in [-0.4, -0.2) is 21.0 Å². The second kappa shape index (κ2) is 3.41. The molecule has 0 aliphatic rings. The van der Waals surface area contributed by atoms with Crippen LogP contribution < -0.4 is 0 Å². The van der Waals surface area contributed by atoms with Crippen molar-refractivity contribution in [1.82, 2.24) is 15.2 Å². The van der Waals surface area contributed by atoms with Gasteiger partial charge in [0.05, 0.1) is 5.69 Å². The van der Waals surface area contributed by atoms with Crippen LogP contribution in [0.4, 0.5) is 0 Å². The Bertz CT molecular complexity index is 447. The molecule has 2 aromatic heterocycles. The number of ketones is 1. The molecule has 70 valence electrons. The van der Waals surface area contributed by atoms with Gasteiger partial charge in [-0.2, -0.15) is 5.10 Å². The molecular weight excluding hydrogens is 178 g/mol. The van der Waals surface area contributed by atoms with Crippen molar-refractivity contribution in [2.45, 2.75) is 6.92 Å². The Hall–Kier alpha value is -1.97. The molecule has 0 aliphatic heterocycles. The van der Waals surface area contributed by atoms with Crippen LogP contribution in [0.5, 0.6) is 0 Å². The van der Waals surface area contributed by atoms with E-state index in [-0.39, 0.29) is 5.78 Å². The van der Waals surface area contributed by atoms with Crippen molar-refractivity contribution in [3.63, 3.8) is 0 Å². The van der Waals surface area contributed by atoms with E-state index in [2.05, 4.69) is 15.2 Å². The lowest BCUT2D eigenvalue weighted by Gasteiger charge is -1.91. The molecule has 0 spiro atoms. The summed E-state index contributed by atoms with van der Waals surface area (Å²) in [7, 11) is 0. The summed E-state index contributed by atoms with van der Waals surface area (Å²) in [5.74, 6) is -0.0281. The highest BCUT2D eigenvalue weighted by atomic mass is 16.1. The van der Waals surface area contributed by atoms with Gasteiger partial charge in [0.1, 0.15) is 11.4 Å². The Labute approximate surface area is 81.0 Å². The number of nitrogens with zero attached hydrogens (tertiary/aromatic N) is 2. The van der Waals surface area contributed by atoms with Crippen molar-refractivity contribution in [1.29, 1.82) is 0 Å². The molecule has 2 rings (SSSR count). The van der Waals surface area contributed by atoms with Gasteiger partial charge in [-0.1, -0.05) is 6.07 Å². The molecule has 0 radical (unpaired) electrons. The Kier molecular flexibility index (Phi) is 2.10. The quantitative estimate of drug-likeness (QED) is 0.727. The number of aromatic nitrogens is 3. The highest BCUT2D eigenvalue weighted by molar-refractivity contribution is 5.93. The zero-order valence-corrected chi connectivity index (χ0v) is 7.69. The van der Waals surface area contributed by atoms with Crippen molar-refractivity contribution < 1.29 is 4.79 Å². The molecule has 0 saturated heterocycles. The van der Waals surface area contributed by atoms with Gasteiger partial charge in [-0.3, -0.25) is 14.9 Å². The van der Waals surface area contributed by atoms with Gasteiger partial charge in [-0.05, 0) is 18.2 Å². The van der Waals surface area contributed by atoms with Crippen molar-refractivity contribution in [2.24, 2.45) is 0 Å². The number of rotatable bonds is 2.